The highest BCUT2D eigenvalue weighted by Gasteiger charge is 1.94. The van der Waals surface area contributed by atoms with Gasteiger partial charge >= 0.3 is 0 Å². The van der Waals surface area contributed by atoms with Gasteiger partial charge in [0.25, 0.3) is 0 Å². The third-order valence-corrected chi connectivity index (χ3v) is 3.32. The third kappa shape index (κ3) is 5.82. The molecule has 0 amide bonds. The van der Waals surface area contributed by atoms with Crippen LogP contribution >= 0.6 is 0 Å². The van der Waals surface area contributed by atoms with Crippen molar-refractivity contribution in [2.24, 2.45) is 0 Å². The second-order valence-electron chi connectivity index (χ2n) is 5.09. The molecule has 0 N–H and O–H groups in total. The fourth-order valence-corrected chi connectivity index (χ4v) is 2.06. The number of benzene rings is 1. The van der Waals surface area contributed by atoms with Crippen LogP contribution in [0.4, 0.5) is 0 Å². The summed E-state index contributed by atoms with van der Waals surface area (Å²) in [6, 6.07) is 12.2. The van der Waals surface area contributed by atoms with E-state index in [0.29, 0.717) is 0 Å². The molecule has 0 aliphatic heterocycles. The molecule has 0 saturated carbocycles. The minimum Gasteiger partial charge on any atom is -0.494 e. The van der Waals surface area contributed by atoms with E-state index in [1.54, 1.807) is 12.4 Å². The molecule has 110 valence electrons. The lowest BCUT2D eigenvalue weighted by molar-refractivity contribution is 0.305. The van der Waals surface area contributed by atoms with Crippen LogP contribution in [-0.2, 0) is 0 Å². The van der Waals surface area contributed by atoms with Gasteiger partial charge in [-0.3, -0.25) is 4.98 Å². The van der Waals surface area contributed by atoms with Crippen molar-refractivity contribution in [3.63, 3.8) is 0 Å². The molecule has 0 aliphatic carbocycles. The highest BCUT2D eigenvalue weighted by atomic mass is 16.5. The van der Waals surface area contributed by atoms with E-state index in [2.05, 4.69) is 36.2 Å². The smallest absolute Gasteiger partial charge is 0.119 e. The molecule has 21 heavy (non-hydrogen) atoms. The van der Waals surface area contributed by atoms with Crippen LogP contribution in [0.25, 0.3) is 12.2 Å². The van der Waals surface area contributed by atoms with Gasteiger partial charge in [0.15, 0.2) is 0 Å². The summed E-state index contributed by atoms with van der Waals surface area (Å²) in [5.41, 5.74) is 2.33. The lowest BCUT2D eigenvalue weighted by Gasteiger charge is -2.06. The molecule has 0 spiro atoms. The number of unbranched alkanes of at least 4 members (excludes halogenated alkanes) is 3. The monoisotopic (exact) mass is 281 g/mol. The van der Waals surface area contributed by atoms with Crippen molar-refractivity contribution >= 4 is 12.2 Å². The van der Waals surface area contributed by atoms with Crippen molar-refractivity contribution in [3.05, 3.63) is 59.9 Å². The van der Waals surface area contributed by atoms with Gasteiger partial charge in [-0.2, -0.15) is 0 Å². The van der Waals surface area contributed by atoms with E-state index in [9.17, 15) is 0 Å². The van der Waals surface area contributed by atoms with Crippen LogP contribution in [0.15, 0.2) is 48.8 Å². The fraction of sp³-hybridized carbons (Fsp3) is 0.316. The Labute approximate surface area is 127 Å². The van der Waals surface area contributed by atoms with Crippen LogP contribution in [0.1, 0.15) is 43.7 Å². The zero-order chi connectivity index (χ0) is 14.8. The average molecular weight is 281 g/mol. The molecule has 2 heteroatoms. The number of hydrogen-bond acceptors (Lipinski definition) is 2. The first-order valence-corrected chi connectivity index (χ1v) is 7.69. The van der Waals surface area contributed by atoms with Gasteiger partial charge in [0.2, 0.25) is 0 Å². The van der Waals surface area contributed by atoms with Crippen LogP contribution in [0.2, 0.25) is 0 Å². The normalized spacial score (nSPS) is 10.9. The Hall–Kier alpha value is -2.09. The Kier molecular flexibility index (Phi) is 6.53. The van der Waals surface area contributed by atoms with Gasteiger partial charge in [-0.15, -0.1) is 0 Å². The van der Waals surface area contributed by atoms with Gasteiger partial charge in [0.1, 0.15) is 5.75 Å². The maximum atomic E-state index is 5.74. The maximum Gasteiger partial charge on any atom is 0.119 e. The van der Waals surface area contributed by atoms with Crippen molar-refractivity contribution in [3.8, 4) is 5.75 Å². The molecule has 1 heterocycles. The van der Waals surface area contributed by atoms with Crippen LogP contribution in [0, 0.1) is 0 Å². The molecule has 1 aromatic heterocycles. The van der Waals surface area contributed by atoms with Gasteiger partial charge in [-0.25, -0.2) is 0 Å². The molecule has 2 aromatic rings. The zero-order valence-electron chi connectivity index (χ0n) is 12.7. The summed E-state index contributed by atoms with van der Waals surface area (Å²) in [5.74, 6) is 0.951. The third-order valence-electron chi connectivity index (χ3n) is 3.32. The highest BCUT2D eigenvalue weighted by Crippen LogP contribution is 2.15. The Bertz CT molecular complexity index is 531. The summed E-state index contributed by atoms with van der Waals surface area (Å²) in [6.45, 7) is 3.03. The first kappa shape index (κ1) is 15.3. The molecular weight excluding hydrogens is 258 g/mol. The lowest BCUT2D eigenvalue weighted by atomic mass is 10.1. The average Bonchev–Trinajstić information content (AvgIpc) is 2.55. The molecule has 0 unspecified atom stereocenters. The fourth-order valence-electron chi connectivity index (χ4n) is 2.06. The van der Waals surface area contributed by atoms with Crippen molar-refractivity contribution in [2.45, 2.75) is 32.6 Å². The molecular formula is C19H23NO. The number of rotatable bonds is 8. The number of hydrogen-bond donors (Lipinski definition) is 0. The van der Waals surface area contributed by atoms with Crippen molar-refractivity contribution in [1.82, 2.24) is 4.98 Å². The summed E-state index contributed by atoms with van der Waals surface area (Å²) in [7, 11) is 0. The van der Waals surface area contributed by atoms with E-state index in [-0.39, 0.29) is 0 Å². The van der Waals surface area contributed by atoms with E-state index < -0.39 is 0 Å². The number of ether oxygens (including phenoxy) is 1. The summed E-state index contributed by atoms with van der Waals surface area (Å²) in [4.78, 5) is 4.01. The van der Waals surface area contributed by atoms with Gasteiger partial charge in [-0.05, 0) is 41.8 Å². The highest BCUT2D eigenvalue weighted by molar-refractivity contribution is 5.69. The zero-order valence-corrected chi connectivity index (χ0v) is 12.7. The molecule has 2 rings (SSSR count). The van der Waals surface area contributed by atoms with Crippen molar-refractivity contribution < 1.29 is 4.74 Å². The second-order valence-corrected chi connectivity index (χ2v) is 5.09. The van der Waals surface area contributed by atoms with Crippen molar-refractivity contribution in [1.29, 1.82) is 0 Å². The minimum absolute atomic E-state index is 0.812. The van der Waals surface area contributed by atoms with Crippen molar-refractivity contribution in [2.75, 3.05) is 6.61 Å². The number of aromatic nitrogens is 1. The SMILES string of the molecule is CCCCCCOc1ccc(C=Cc2ccncc2)cc1. The first-order valence-electron chi connectivity index (χ1n) is 7.69. The maximum absolute atomic E-state index is 5.74. The van der Waals surface area contributed by atoms with E-state index in [0.717, 1.165) is 24.3 Å². The number of pyridine rings is 1. The molecule has 0 fully saturated rings. The molecule has 2 nitrogen and oxygen atoms in total. The van der Waals surface area contributed by atoms with E-state index in [1.807, 2.05) is 24.3 Å². The topological polar surface area (TPSA) is 22.1 Å². The van der Waals surface area contributed by atoms with Gasteiger partial charge in [-0.1, -0.05) is 50.5 Å². The molecule has 0 bridgehead atoms. The molecule has 0 aliphatic rings. The predicted molar refractivity (Wildman–Crippen MR) is 89.2 cm³/mol. The minimum atomic E-state index is 0.812. The standard InChI is InChI=1S/C19H23NO/c1-2-3-4-5-16-21-19-10-8-17(9-11-19)6-7-18-12-14-20-15-13-18/h6-15H,2-5,16H2,1H3. The van der Waals surface area contributed by atoms with Gasteiger partial charge in [0.05, 0.1) is 6.61 Å². The van der Waals surface area contributed by atoms with E-state index >= 15 is 0 Å². The lowest BCUT2D eigenvalue weighted by Crippen LogP contribution is -1.96. The van der Waals surface area contributed by atoms with Crippen LogP contribution in [-0.4, -0.2) is 11.6 Å². The molecule has 0 atom stereocenters. The van der Waals surface area contributed by atoms with Crippen LogP contribution < -0.4 is 4.74 Å². The Morgan fingerprint density at radius 2 is 1.52 bits per heavy atom. The van der Waals surface area contributed by atoms with Crippen LogP contribution in [0.3, 0.4) is 0 Å². The summed E-state index contributed by atoms with van der Waals surface area (Å²) in [6.07, 6.45) is 12.7. The largest absolute Gasteiger partial charge is 0.494 e. The summed E-state index contributed by atoms with van der Waals surface area (Å²) < 4.78 is 5.74. The number of nitrogens with zero attached hydrogens (tertiary/aromatic N) is 1. The quantitative estimate of drug-likeness (QED) is 0.619. The van der Waals surface area contributed by atoms with E-state index in [4.69, 9.17) is 4.74 Å². The summed E-state index contributed by atoms with van der Waals surface area (Å²) in [5, 5.41) is 0. The first-order chi connectivity index (χ1) is 10.4. The van der Waals surface area contributed by atoms with Crippen LogP contribution in [0.5, 0.6) is 5.75 Å². The van der Waals surface area contributed by atoms with Gasteiger partial charge in [0, 0.05) is 12.4 Å². The second kappa shape index (κ2) is 8.96. The Morgan fingerprint density at radius 3 is 2.19 bits per heavy atom. The van der Waals surface area contributed by atoms with Gasteiger partial charge < -0.3 is 4.74 Å². The summed E-state index contributed by atoms with van der Waals surface area (Å²) >= 11 is 0. The molecule has 1 aromatic carbocycles. The van der Waals surface area contributed by atoms with E-state index in [1.165, 1.54) is 24.8 Å². The Morgan fingerprint density at radius 1 is 0.857 bits per heavy atom. The predicted octanol–water partition coefficient (Wildman–Crippen LogP) is 5.21. The molecule has 0 saturated heterocycles. The Balaban J connectivity index is 1.80. The molecule has 0 radical (unpaired) electrons.